The molecule has 0 atom stereocenters. The number of morpholine rings is 1. The van der Waals surface area contributed by atoms with Gasteiger partial charge in [-0.15, -0.1) is 0 Å². The SMILES string of the molecule is COc1ccc(/C=C(\C)C(=O)N2CCOCC2)cc1OC. The van der Waals surface area contributed by atoms with Crippen LogP contribution in [0.2, 0.25) is 0 Å². The van der Waals surface area contributed by atoms with Crippen LogP contribution in [0.1, 0.15) is 12.5 Å². The van der Waals surface area contributed by atoms with Crippen LogP contribution in [-0.4, -0.2) is 51.3 Å². The second-order valence-electron chi connectivity index (χ2n) is 4.85. The van der Waals surface area contributed by atoms with Gasteiger partial charge in [-0.25, -0.2) is 0 Å². The minimum absolute atomic E-state index is 0.0492. The first-order chi connectivity index (χ1) is 10.2. The predicted molar refractivity (Wildman–Crippen MR) is 80.6 cm³/mol. The van der Waals surface area contributed by atoms with Crippen LogP contribution in [0.15, 0.2) is 23.8 Å². The molecule has 1 saturated heterocycles. The number of amides is 1. The zero-order valence-electron chi connectivity index (χ0n) is 12.7. The van der Waals surface area contributed by atoms with Crippen molar-refractivity contribution >= 4 is 12.0 Å². The van der Waals surface area contributed by atoms with Gasteiger partial charge in [0, 0.05) is 18.7 Å². The average Bonchev–Trinajstić information content (AvgIpc) is 2.54. The van der Waals surface area contributed by atoms with Gasteiger partial charge in [0.05, 0.1) is 27.4 Å². The molecule has 21 heavy (non-hydrogen) atoms. The van der Waals surface area contributed by atoms with Crippen LogP contribution in [0.5, 0.6) is 11.5 Å². The van der Waals surface area contributed by atoms with Crippen molar-refractivity contribution in [1.82, 2.24) is 4.90 Å². The highest BCUT2D eigenvalue weighted by Crippen LogP contribution is 2.28. The summed E-state index contributed by atoms with van der Waals surface area (Å²) in [6.45, 7) is 4.34. The highest BCUT2D eigenvalue weighted by atomic mass is 16.5. The number of carbonyl (C=O) groups is 1. The van der Waals surface area contributed by atoms with E-state index in [4.69, 9.17) is 14.2 Å². The number of ether oxygens (including phenoxy) is 3. The fourth-order valence-corrected chi connectivity index (χ4v) is 2.27. The Kier molecular flexibility index (Phi) is 5.22. The Hall–Kier alpha value is -2.01. The number of carbonyl (C=O) groups excluding carboxylic acids is 1. The Balaban J connectivity index is 2.15. The van der Waals surface area contributed by atoms with E-state index in [1.165, 1.54) is 0 Å². The molecule has 0 aromatic heterocycles. The van der Waals surface area contributed by atoms with Crippen LogP contribution in [0.4, 0.5) is 0 Å². The molecule has 0 spiro atoms. The molecular weight excluding hydrogens is 270 g/mol. The Bertz CT molecular complexity index is 533. The van der Waals surface area contributed by atoms with Crippen LogP contribution >= 0.6 is 0 Å². The molecular formula is C16H21NO4. The summed E-state index contributed by atoms with van der Waals surface area (Å²) in [5.41, 5.74) is 1.61. The van der Waals surface area contributed by atoms with E-state index >= 15 is 0 Å². The van der Waals surface area contributed by atoms with Crippen LogP contribution in [0, 0.1) is 0 Å². The van der Waals surface area contributed by atoms with Crippen molar-refractivity contribution in [2.45, 2.75) is 6.92 Å². The summed E-state index contributed by atoms with van der Waals surface area (Å²) in [6, 6.07) is 5.59. The monoisotopic (exact) mass is 291 g/mol. The Labute approximate surface area is 125 Å². The standard InChI is InChI=1S/C16H21NO4/c1-12(16(18)17-6-8-21-9-7-17)10-13-4-5-14(19-2)15(11-13)20-3/h4-5,10-11H,6-9H2,1-3H3/b12-10+. The van der Waals surface area contributed by atoms with Crippen LogP contribution < -0.4 is 9.47 Å². The largest absolute Gasteiger partial charge is 0.493 e. The zero-order chi connectivity index (χ0) is 15.2. The van der Waals surface area contributed by atoms with Crippen molar-refractivity contribution in [2.24, 2.45) is 0 Å². The maximum atomic E-state index is 12.3. The first-order valence-electron chi connectivity index (χ1n) is 6.93. The summed E-state index contributed by atoms with van der Waals surface area (Å²) in [6.07, 6.45) is 1.86. The van der Waals surface area contributed by atoms with Gasteiger partial charge in [0.15, 0.2) is 11.5 Å². The van der Waals surface area contributed by atoms with Gasteiger partial charge in [-0.2, -0.15) is 0 Å². The summed E-state index contributed by atoms with van der Waals surface area (Å²) in [7, 11) is 3.19. The molecule has 0 N–H and O–H groups in total. The fraction of sp³-hybridized carbons (Fsp3) is 0.438. The van der Waals surface area contributed by atoms with E-state index in [0.717, 1.165) is 5.56 Å². The number of methoxy groups -OCH3 is 2. The topological polar surface area (TPSA) is 48.0 Å². The van der Waals surface area contributed by atoms with Crippen LogP contribution in [0.25, 0.3) is 6.08 Å². The summed E-state index contributed by atoms with van der Waals surface area (Å²) < 4.78 is 15.7. The molecule has 0 bridgehead atoms. The van der Waals surface area contributed by atoms with Crippen molar-refractivity contribution in [3.8, 4) is 11.5 Å². The normalized spacial score (nSPS) is 15.8. The van der Waals surface area contributed by atoms with Crippen molar-refractivity contribution < 1.29 is 19.0 Å². The Morgan fingerprint density at radius 3 is 2.48 bits per heavy atom. The van der Waals surface area contributed by atoms with E-state index in [1.807, 2.05) is 36.1 Å². The van der Waals surface area contributed by atoms with Gasteiger partial charge in [-0.3, -0.25) is 4.79 Å². The molecule has 5 heteroatoms. The van der Waals surface area contributed by atoms with Crippen LogP contribution in [-0.2, 0) is 9.53 Å². The lowest BCUT2D eigenvalue weighted by Gasteiger charge is -2.27. The van der Waals surface area contributed by atoms with E-state index in [0.29, 0.717) is 43.4 Å². The number of hydrogen-bond donors (Lipinski definition) is 0. The number of rotatable bonds is 4. The van der Waals surface area contributed by atoms with E-state index in [9.17, 15) is 4.79 Å². The minimum atomic E-state index is 0.0492. The average molecular weight is 291 g/mol. The molecule has 0 unspecified atom stereocenters. The fourth-order valence-electron chi connectivity index (χ4n) is 2.27. The highest BCUT2D eigenvalue weighted by Gasteiger charge is 2.18. The predicted octanol–water partition coefficient (Wildman–Crippen LogP) is 1.97. The molecule has 0 radical (unpaired) electrons. The molecule has 1 amide bonds. The summed E-state index contributed by atoms with van der Waals surface area (Å²) in [5, 5.41) is 0. The second-order valence-corrected chi connectivity index (χ2v) is 4.85. The summed E-state index contributed by atoms with van der Waals surface area (Å²) >= 11 is 0. The second kappa shape index (κ2) is 7.13. The maximum Gasteiger partial charge on any atom is 0.249 e. The quantitative estimate of drug-likeness (QED) is 0.796. The van der Waals surface area contributed by atoms with E-state index in [-0.39, 0.29) is 5.91 Å². The molecule has 1 aliphatic rings. The number of nitrogens with zero attached hydrogens (tertiary/aromatic N) is 1. The molecule has 1 heterocycles. The minimum Gasteiger partial charge on any atom is -0.493 e. The van der Waals surface area contributed by atoms with Gasteiger partial charge >= 0.3 is 0 Å². The van der Waals surface area contributed by atoms with E-state index in [2.05, 4.69) is 0 Å². The Morgan fingerprint density at radius 2 is 1.86 bits per heavy atom. The third-order valence-electron chi connectivity index (χ3n) is 3.43. The summed E-state index contributed by atoms with van der Waals surface area (Å²) in [5.74, 6) is 1.37. The van der Waals surface area contributed by atoms with Crippen molar-refractivity contribution in [3.63, 3.8) is 0 Å². The highest BCUT2D eigenvalue weighted by molar-refractivity contribution is 5.97. The molecule has 1 aromatic rings. The van der Waals surface area contributed by atoms with Crippen molar-refractivity contribution in [1.29, 1.82) is 0 Å². The maximum absolute atomic E-state index is 12.3. The molecule has 1 fully saturated rings. The lowest BCUT2D eigenvalue weighted by molar-refractivity contribution is -0.130. The lowest BCUT2D eigenvalue weighted by atomic mass is 10.1. The van der Waals surface area contributed by atoms with Gasteiger partial charge in [-0.05, 0) is 30.7 Å². The molecule has 1 aliphatic heterocycles. The third-order valence-corrected chi connectivity index (χ3v) is 3.43. The van der Waals surface area contributed by atoms with E-state index in [1.54, 1.807) is 14.2 Å². The first-order valence-corrected chi connectivity index (χ1v) is 6.93. The molecule has 0 aliphatic carbocycles. The van der Waals surface area contributed by atoms with Crippen molar-refractivity contribution in [2.75, 3.05) is 40.5 Å². The molecule has 0 saturated carbocycles. The van der Waals surface area contributed by atoms with Gasteiger partial charge in [0.25, 0.3) is 0 Å². The zero-order valence-corrected chi connectivity index (χ0v) is 12.7. The summed E-state index contributed by atoms with van der Waals surface area (Å²) in [4.78, 5) is 14.1. The molecule has 5 nitrogen and oxygen atoms in total. The molecule has 1 aromatic carbocycles. The van der Waals surface area contributed by atoms with Crippen molar-refractivity contribution in [3.05, 3.63) is 29.3 Å². The number of benzene rings is 1. The molecule has 2 rings (SSSR count). The van der Waals surface area contributed by atoms with Gasteiger partial charge in [-0.1, -0.05) is 6.07 Å². The van der Waals surface area contributed by atoms with Crippen LogP contribution in [0.3, 0.4) is 0 Å². The van der Waals surface area contributed by atoms with Gasteiger partial charge in [0.1, 0.15) is 0 Å². The van der Waals surface area contributed by atoms with E-state index < -0.39 is 0 Å². The first kappa shape index (κ1) is 15.4. The third kappa shape index (κ3) is 3.76. The van der Waals surface area contributed by atoms with Gasteiger partial charge in [0.2, 0.25) is 5.91 Å². The number of hydrogen-bond acceptors (Lipinski definition) is 4. The lowest BCUT2D eigenvalue weighted by Crippen LogP contribution is -2.41. The molecule has 114 valence electrons. The Morgan fingerprint density at radius 1 is 1.19 bits per heavy atom. The smallest absolute Gasteiger partial charge is 0.249 e. The van der Waals surface area contributed by atoms with Gasteiger partial charge < -0.3 is 19.1 Å².